The van der Waals surface area contributed by atoms with Gasteiger partial charge < -0.3 is 14.6 Å². The number of hydrogen-bond donors (Lipinski definition) is 1. The number of hydrogen-bond acceptors (Lipinski definition) is 6. The number of pyridine rings is 1. The second-order valence-corrected chi connectivity index (χ2v) is 7.12. The first kappa shape index (κ1) is 21.1. The number of benzene rings is 2. The van der Waals surface area contributed by atoms with Gasteiger partial charge in [-0.1, -0.05) is 24.3 Å². The minimum atomic E-state index is -0.855. The molecule has 1 fully saturated rings. The van der Waals surface area contributed by atoms with E-state index in [1.165, 1.54) is 12.0 Å². The van der Waals surface area contributed by atoms with E-state index >= 15 is 0 Å². The molecule has 2 heterocycles. The maximum absolute atomic E-state index is 13.2. The standard InChI is InChI=1S/C25H22N2O5/c1-3-32-20-11-5-9-18(14-20)27-22(17-8-6-12-26-15-17)21(24(29)25(27)30)23(28)16-7-4-10-19(13-16)31-2/h4-15,22,28H,3H2,1-2H3/b23-21+. The van der Waals surface area contributed by atoms with Crippen molar-refractivity contribution < 1.29 is 24.2 Å². The summed E-state index contributed by atoms with van der Waals surface area (Å²) in [5, 5.41) is 11.1. The molecule has 32 heavy (non-hydrogen) atoms. The largest absolute Gasteiger partial charge is 0.507 e. The van der Waals surface area contributed by atoms with E-state index in [0.717, 1.165) is 0 Å². The molecule has 2 aromatic carbocycles. The number of carbonyl (C=O) groups is 2. The molecule has 1 aromatic heterocycles. The van der Waals surface area contributed by atoms with Gasteiger partial charge in [0.2, 0.25) is 0 Å². The molecule has 1 unspecified atom stereocenters. The number of amides is 1. The number of Topliss-reactive ketones (excluding diaryl/α,β-unsaturated/α-hetero) is 1. The maximum Gasteiger partial charge on any atom is 0.300 e. The molecule has 0 radical (unpaired) electrons. The Hall–Kier alpha value is -4.13. The fourth-order valence-electron chi connectivity index (χ4n) is 3.77. The van der Waals surface area contributed by atoms with Crippen LogP contribution in [-0.4, -0.2) is 35.5 Å². The molecule has 7 nitrogen and oxygen atoms in total. The van der Waals surface area contributed by atoms with E-state index in [2.05, 4.69) is 4.98 Å². The van der Waals surface area contributed by atoms with Crippen molar-refractivity contribution in [2.45, 2.75) is 13.0 Å². The Balaban J connectivity index is 1.91. The second-order valence-electron chi connectivity index (χ2n) is 7.12. The molecule has 0 bridgehead atoms. The van der Waals surface area contributed by atoms with Gasteiger partial charge in [0.05, 0.1) is 25.3 Å². The summed E-state index contributed by atoms with van der Waals surface area (Å²) in [6, 6.07) is 16.3. The lowest BCUT2D eigenvalue weighted by atomic mass is 9.96. The molecule has 0 aliphatic carbocycles. The molecule has 7 heteroatoms. The van der Waals surface area contributed by atoms with Gasteiger partial charge in [0.1, 0.15) is 17.3 Å². The number of aromatic nitrogens is 1. The van der Waals surface area contributed by atoms with Crippen LogP contribution in [0.15, 0.2) is 78.6 Å². The summed E-state index contributed by atoms with van der Waals surface area (Å²) in [4.78, 5) is 31.9. The zero-order valence-corrected chi connectivity index (χ0v) is 17.7. The monoisotopic (exact) mass is 430 g/mol. The van der Waals surface area contributed by atoms with Crippen LogP contribution in [0.5, 0.6) is 11.5 Å². The molecule has 0 spiro atoms. The molecule has 1 N–H and O–H groups in total. The number of carbonyl (C=O) groups excluding carboxylic acids is 2. The normalized spacial score (nSPS) is 17.4. The number of ether oxygens (including phenoxy) is 2. The Kier molecular flexibility index (Phi) is 5.89. The predicted molar refractivity (Wildman–Crippen MR) is 120 cm³/mol. The molecule has 1 aliphatic rings. The number of aliphatic hydroxyl groups is 1. The van der Waals surface area contributed by atoms with Gasteiger partial charge in [-0.3, -0.25) is 19.5 Å². The maximum atomic E-state index is 13.2. The van der Waals surface area contributed by atoms with Gasteiger partial charge in [-0.2, -0.15) is 0 Å². The zero-order valence-electron chi connectivity index (χ0n) is 17.7. The average Bonchev–Trinajstić information content (AvgIpc) is 3.10. The average molecular weight is 430 g/mol. The predicted octanol–water partition coefficient (Wildman–Crippen LogP) is 4.12. The number of ketones is 1. The number of methoxy groups -OCH3 is 1. The van der Waals surface area contributed by atoms with Crippen molar-refractivity contribution in [2.75, 3.05) is 18.6 Å². The highest BCUT2D eigenvalue weighted by Crippen LogP contribution is 2.42. The molecular formula is C25H22N2O5. The van der Waals surface area contributed by atoms with Gasteiger partial charge in [0, 0.05) is 29.7 Å². The Morgan fingerprint density at radius 1 is 1.06 bits per heavy atom. The fourth-order valence-corrected chi connectivity index (χ4v) is 3.77. The SMILES string of the molecule is CCOc1cccc(N2C(=O)C(=O)/C(=C(/O)c3cccc(OC)c3)C2c2cccnc2)c1. The first-order valence-electron chi connectivity index (χ1n) is 10.1. The zero-order chi connectivity index (χ0) is 22.7. The lowest BCUT2D eigenvalue weighted by Crippen LogP contribution is -2.29. The highest BCUT2D eigenvalue weighted by atomic mass is 16.5. The van der Waals surface area contributed by atoms with E-state index in [4.69, 9.17) is 9.47 Å². The van der Waals surface area contributed by atoms with Crippen molar-refractivity contribution in [3.8, 4) is 11.5 Å². The van der Waals surface area contributed by atoms with Crippen LogP contribution in [0, 0.1) is 0 Å². The Morgan fingerprint density at radius 2 is 1.84 bits per heavy atom. The summed E-state index contributed by atoms with van der Waals surface area (Å²) < 4.78 is 10.8. The van der Waals surface area contributed by atoms with Gasteiger partial charge in [0.25, 0.3) is 11.7 Å². The van der Waals surface area contributed by atoms with E-state index in [1.54, 1.807) is 73.1 Å². The third-order valence-corrected chi connectivity index (χ3v) is 5.19. The van der Waals surface area contributed by atoms with Gasteiger partial charge in [-0.05, 0) is 42.8 Å². The van der Waals surface area contributed by atoms with Crippen LogP contribution >= 0.6 is 0 Å². The van der Waals surface area contributed by atoms with E-state index in [9.17, 15) is 14.7 Å². The molecular weight excluding hydrogens is 408 g/mol. The number of nitrogens with zero attached hydrogens (tertiary/aromatic N) is 2. The molecule has 4 rings (SSSR count). The second kappa shape index (κ2) is 8.93. The Labute approximate surface area is 185 Å². The quantitative estimate of drug-likeness (QED) is 0.360. The van der Waals surface area contributed by atoms with E-state index in [0.29, 0.717) is 34.9 Å². The fraction of sp³-hybridized carbons (Fsp3) is 0.160. The van der Waals surface area contributed by atoms with Gasteiger partial charge >= 0.3 is 0 Å². The minimum Gasteiger partial charge on any atom is -0.507 e. The van der Waals surface area contributed by atoms with Gasteiger partial charge in [-0.25, -0.2) is 0 Å². The molecule has 162 valence electrons. The summed E-state index contributed by atoms with van der Waals surface area (Å²) in [6.07, 6.45) is 3.18. The lowest BCUT2D eigenvalue weighted by molar-refractivity contribution is -0.132. The van der Waals surface area contributed by atoms with Crippen molar-refractivity contribution in [1.82, 2.24) is 4.98 Å². The van der Waals surface area contributed by atoms with Crippen LogP contribution in [0.2, 0.25) is 0 Å². The molecule has 1 atom stereocenters. The van der Waals surface area contributed by atoms with Gasteiger partial charge in [-0.15, -0.1) is 0 Å². The molecule has 1 amide bonds. The van der Waals surface area contributed by atoms with Crippen molar-refractivity contribution in [3.63, 3.8) is 0 Å². The van der Waals surface area contributed by atoms with Crippen molar-refractivity contribution in [1.29, 1.82) is 0 Å². The van der Waals surface area contributed by atoms with Gasteiger partial charge in [0.15, 0.2) is 0 Å². The molecule has 1 aliphatic heterocycles. The van der Waals surface area contributed by atoms with Crippen molar-refractivity contribution >= 4 is 23.1 Å². The van der Waals surface area contributed by atoms with E-state index in [1.807, 2.05) is 6.92 Å². The molecule has 3 aromatic rings. The number of aliphatic hydroxyl groups excluding tert-OH is 1. The van der Waals surface area contributed by atoms with Crippen molar-refractivity contribution in [3.05, 3.63) is 89.8 Å². The summed E-state index contributed by atoms with van der Waals surface area (Å²) in [7, 11) is 1.51. The number of rotatable bonds is 6. The Bertz CT molecular complexity index is 1190. The Morgan fingerprint density at radius 3 is 2.56 bits per heavy atom. The minimum absolute atomic E-state index is 0.0157. The summed E-state index contributed by atoms with van der Waals surface area (Å²) in [6.45, 7) is 2.33. The number of anilines is 1. The summed E-state index contributed by atoms with van der Waals surface area (Å²) in [5.41, 5.74) is 1.44. The van der Waals surface area contributed by atoms with Crippen LogP contribution < -0.4 is 14.4 Å². The summed E-state index contributed by atoms with van der Waals surface area (Å²) in [5.74, 6) is -0.701. The van der Waals surface area contributed by atoms with E-state index < -0.39 is 17.7 Å². The molecule has 1 saturated heterocycles. The lowest BCUT2D eigenvalue weighted by Gasteiger charge is -2.25. The smallest absolute Gasteiger partial charge is 0.300 e. The first-order chi connectivity index (χ1) is 15.5. The van der Waals surface area contributed by atoms with Crippen LogP contribution in [0.25, 0.3) is 5.76 Å². The van der Waals surface area contributed by atoms with E-state index in [-0.39, 0.29) is 11.3 Å². The van der Waals surface area contributed by atoms with Crippen LogP contribution in [0.4, 0.5) is 5.69 Å². The summed E-state index contributed by atoms with van der Waals surface area (Å²) >= 11 is 0. The van der Waals surface area contributed by atoms with Crippen LogP contribution in [0.1, 0.15) is 24.1 Å². The molecule has 0 saturated carbocycles. The highest BCUT2D eigenvalue weighted by Gasteiger charge is 2.47. The highest BCUT2D eigenvalue weighted by molar-refractivity contribution is 6.51. The third kappa shape index (κ3) is 3.80. The van der Waals surface area contributed by atoms with Crippen molar-refractivity contribution in [2.24, 2.45) is 0 Å². The first-order valence-corrected chi connectivity index (χ1v) is 10.1. The van der Waals surface area contributed by atoms with Crippen LogP contribution in [0.3, 0.4) is 0 Å². The third-order valence-electron chi connectivity index (χ3n) is 5.19. The topological polar surface area (TPSA) is 89.0 Å². The van der Waals surface area contributed by atoms with Crippen LogP contribution in [-0.2, 0) is 9.59 Å².